The molecule has 5 heteroatoms. The third-order valence-corrected chi connectivity index (χ3v) is 5.63. The molecule has 1 aliphatic heterocycles. The van der Waals surface area contributed by atoms with Crippen molar-refractivity contribution in [3.63, 3.8) is 0 Å². The number of aliphatic hydroxyl groups is 1. The topological polar surface area (TPSA) is 39.6 Å². The summed E-state index contributed by atoms with van der Waals surface area (Å²) in [5, 5.41) is 11.6. The van der Waals surface area contributed by atoms with Crippen LogP contribution in [0.4, 0.5) is 5.13 Å². The van der Waals surface area contributed by atoms with Gasteiger partial charge >= 0.3 is 0 Å². The second-order valence-electron chi connectivity index (χ2n) is 5.83. The number of hydrogen-bond donors (Lipinski definition) is 1. The van der Waals surface area contributed by atoms with Crippen molar-refractivity contribution in [2.75, 3.05) is 37.6 Å². The smallest absolute Gasteiger partial charge is 0.185 e. The average Bonchev–Trinajstić information content (AvgIpc) is 2.79. The Bertz CT molecular complexity index is 415. The summed E-state index contributed by atoms with van der Waals surface area (Å²) < 4.78 is 0. The quantitative estimate of drug-likeness (QED) is 0.906. The maximum absolute atomic E-state index is 10.4. The molecule has 0 spiro atoms. The number of aromatic nitrogens is 1. The van der Waals surface area contributed by atoms with Crippen LogP contribution in [0.2, 0.25) is 0 Å². The predicted molar refractivity (Wildman–Crippen MR) is 85.8 cm³/mol. The van der Waals surface area contributed by atoms with Crippen LogP contribution in [0.5, 0.6) is 0 Å². The zero-order chi connectivity index (χ0) is 14.8. The van der Waals surface area contributed by atoms with Crippen LogP contribution in [-0.4, -0.2) is 53.3 Å². The Balaban J connectivity index is 1.89. The number of rotatable bonds is 5. The minimum absolute atomic E-state index is 0.517. The maximum Gasteiger partial charge on any atom is 0.185 e. The fourth-order valence-corrected chi connectivity index (χ4v) is 3.54. The van der Waals surface area contributed by atoms with Crippen molar-refractivity contribution >= 4 is 16.5 Å². The Morgan fingerprint density at radius 1 is 1.15 bits per heavy atom. The van der Waals surface area contributed by atoms with E-state index in [1.807, 2.05) is 0 Å². The van der Waals surface area contributed by atoms with E-state index < -0.39 is 5.60 Å². The second-order valence-corrected chi connectivity index (χ2v) is 7.01. The number of anilines is 1. The van der Waals surface area contributed by atoms with Crippen LogP contribution in [0.25, 0.3) is 0 Å². The summed E-state index contributed by atoms with van der Waals surface area (Å²) in [6, 6.07) is 0. The molecule has 20 heavy (non-hydrogen) atoms. The molecule has 4 nitrogen and oxygen atoms in total. The van der Waals surface area contributed by atoms with E-state index in [9.17, 15) is 5.11 Å². The van der Waals surface area contributed by atoms with E-state index in [0.717, 1.165) is 56.4 Å². The molecule has 0 radical (unpaired) electrons. The number of β-amino-alcohol motifs (C(OH)–C–C–N with tert-alkyl or cyclic N) is 1. The van der Waals surface area contributed by atoms with Gasteiger partial charge in [0.1, 0.15) is 0 Å². The molecule has 0 aliphatic carbocycles. The largest absolute Gasteiger partial charge is 0.389 e. The molecule has 1 N–H and O–H groups in total. The highest BCUT2D eigenvalue weighted by molar-refractivity contribution is 7.15. The first kappa shape index (κ1) is 15.7. The van der Waals surface area contributed by atoms with Crippen LogP contribution in [0.3, 0.4) is 0 Å². The van der Waals surface area contributed by atoms with Gasteiger partial charge in [0.25, 0.3) is 0 Å². The van der Waals surface area contributed by atoms with E-state index in [4.69, 9.17) is 0 Å². The van der Waals surface area contributed by atoms with Crippen molar-refractivity contribution in [2.24, 2.45) is 0 Å². The van der Waals surface area contributed by atoms with Crippen LogP contribution in [0.15, 0.2) is 0 Å². The summed E-state index contributed by atoms with van der Waals surface area (Å²) in [5.41, 5.74) is 0.634. The number of thiazole rings is 1. The third-order valence-electron chi connectivity index (χ3n) is 4.49. The molecule has 0 aromatic carbocycles. The van der Waals surface area contributed by atoms with Crippen LogP contribution < -0.4 is 4.90 Å². The zero-order valence-electron chi connectivity index (χ0n) is 13.1. The van der Waals surface area contributed by atoms with E-state index in [1.54, 1.807) is 11.3 Å². The molecular weight excluding hydrogens is 270 g/mol. The standard InChI is InChI=1S/C15H27N3OS/c1-5-15(19,6-2)11-17-7-9-18(10-8-17)14-16-12(3)13(4)20-14/h19H,5-11H2,1-4H3. The molecular formula is C15H27N3OS. The molecule has 1 fully saturated rings. The van der Waals surface area contributed by atoms with E-state index in [0.29, 0.717) is 0 Å². The average molecular weight is 297 g/mol. The molecule has 1 aromatic heterocycles. The maximum atomic E-state index is 10.4. The van der Waals surface area contributed by atoms with Gasteiger partial charge in [-0.1, -0.05) is 13.8 Å². The van der Waals surface area contributed by atoms with Crippen molar-refractivity contribution in [1.82, 2.24) is 9.88 Å². The van der Waals surface area contributed by atoms with Gasteiger partial charge in [-0.2, -0.15) is 0 Å². The molecule has 2 heterocycles. The molecule has 0 amide bonds. The number of hydrogen-bond acceptors (Lipinski definition) is 5. The Morgan fingerprint density at radius 2 is 1.75 bits per heavy atom. The SMILES string of the molecule is CCC(O)(CC)CN1CCN(c2nc(C)c(C)s2)CC1. The lowest BCUT2D eigenvalue weighted by Gasteiger charge is -2.39. The molecule has 0 bridgehead atoms. The Labute approximate surface area is 126 Å². The van der Waals surface area contributed by atoms with E-state index in [-0.39, 0.29) is 0 Å². The van der Waals surface area contributed by atoms with E-state index in [1.165, 1.54) is 4.88 Å². The van der Waals surface area contributed by atoms with E-state index in [2.05, 4.69) is 42.5 Å². The fraction of sp³-hybridized carbons (Fsp3) is 0.800. The monoisotopic (exact) mass is 297 g/mol. The van der Waals surface area contributed by atoms with Crippen LogP contribution in [0, 0.1) is 13.8 Å². The lowest BCUT2D eigenvalue weighted by molar-refractivity contribution is -0.00455. The summed E-state index contributed by atoms with van der Waals surface area (Å²) in [7, 11) is 0. The van der Waals surface area contributed by atoms with Crippen molar-refractivity contribution in [2.45, 2.75) is 46.1 Å². The van der Waals surface area contributed by atoms with Crippen molar-refractivity contribution in [1.29, 1.82) is 0 Å². The number of piperazine rings is 1. The molecule has 2 rings (SSSR count). The minimum Gasteiger partial charge on any atom is -0.389 e. The molecule has 114 valence electrons. The van der Waals surface area contributed by atoms with Gasteiger partial charge in [-0.15, -0.1) is 11.3 Å². The highest BCUT2D eigenvalue weighted by atomic mass is 32.1. The molecule has 1 aliphatic rings. The molecule has 1 aromatic rings. The fourth-order valence-electron chi connectivity index (χ4n) is 2.58. The summed E-state index contributed by atoms with van der Waals surface area (Å²) in [5.74, 6) is 0. The highest BCUT2D eigenvalue weighted by Crippen LogP contribution is 2.26. The van der Waals surface area contributed by atoms with Gasteiger partial charge in [-0.05, 0) is 26.7 Å². The molecule has 0 atom stereocenters. The van der Waals surface area contributed by atoms with Crippen molar-refractivity contribution < 1.29 is 5.11 Å². The van der Waals surface area contributed by atoms with Gasteiger partial charge in [-0.25, -0.2) is 4.98 Å². The van der Waals surface area contributed by atoms with Crippen LogP contribution >= 0.6 is 11.3 Å². The van der Waals surface area contributed by atoms with Gasteiger partial charge in [0.05, 0.1) is 11.3 Å². The molecule has 1 saturated heterocycles. The number of aryl methyl sites for hydroxylation is 2. The van der Waals surface area contributed by atoms with Crippen molar-refractivity contribution in [3.05, 3.63) is 10.6 Å². The minimum atomic E-state index is -0.517. The first-order chi connectivity index (χ1) is 9.47. The molecule has 0 saturated carbocycles. The normalized spacial score (nSPS) is 17.8. The molecule has 0 unspecified atom stereocenters. The zero-order valence-corrected chi connectivity index (χ0v) is 14.0. The lowest BCUT2D eigenvalue weighted by atomic mass is 9.96. The highest BCUT2D eigenvalue weighted by Gasteiger charge is 2.28. The Kier molecular flexibility index (Phi) is 5.04. The summed E-state index contributed by atoms with van der Waals surface area (Å²) in [6.07, 6.45) is 1.66. The second kappa shape index (κ2) is 6.41. The summed E-state index contributed by atoms with van der Waals surface area (Å²) in [6.45, 7) is 13.2. The lowest BCUT2D eigenvalue weighted by Crippen LogP contribution is -2.51. The van der Waals surface area contributed by atoms with Gasteiger partial charge in [0.15, 0.2) is 5.13 Å². The predicted octanol–water partition coefficient (Wildman–Crippen LogP) is 2.43. The van der Waals surface area contributed by atoms with Crippen molar-refractivity contribution in [3.8, 4) is 0 Å². The Morgan fingerprint density at radius 3 is 2.20 bits per heavy atom. The van der Waals surface area contributed by atoms with Crippen LogP contribution in [-0.2, 0) is 0 Å². The first-order valence-corrected chi connectivity index (χ1v) is 8.43. The van der Waals surface area contributed by atoms with Crippen LogP contribution in [0.1, 0.15) is 37.3 Å². The number of nitrogens with zero attached hydrogens (tertiary/aromatic N) is 3. The summed E-state index contributed by atoms with van der Waals surface area (Å²) in [4.78, 5) is 10.7. The van der Waals surface area contributed by atoms with Gasteiger partial charge in [0, 0.05) is 37.6 Å². The first-order valence-electron chi connectivity index (χ1n) is 7.61. The van der Waals surface area contributed by atoms with Gasteiger partial charge in [-0.3, -0.25) is 4.90 Å². The third kappa shape index (κ3) is 3.51. The Hall–Kier alpha value is -0.650. The summed E-state index contributed by atoms with van der Waals surface area (Å²) >= 11 is 1.79. The van der Waals surface area contributed by atoms with Gasteiger partial charge < -0.3 is 10.0 Å². The van der Waals surface area contributed by atoms with E-state index >= 15 is 0 Å². The van der Waals surface area contributed by atoms with Gasteiger partial charge in [0.2, 0.25) is 0 Å².